The Hall–Kier alpha value is -2.54. The first-order valence-corrected chi connectivity index (χ1v) is 4.61. The number of nitrogen functional groups attached to an aromatic ring is 2. The monoisotopic (exact) mass is 209 g/mol. The van der Waals surface area contributed by atoms with Gasteiger partial charge in [0.05, 0.1) is 0 Å². The molecule has 0 aliphatic rings. The van der Waals surface area contributed by atoms with Gasteiger partial charge in [0.1, 0.15) is 23.5 Å². The van der Waals surface area contributed by atoms with E-state index in [9.17, 15) is 0 Å². The van der Waals surface area contributed by atoms with Crippen LogP contribution in [0.5, 0.6) is 0 Å². The van der Waals surface area contributed by atoms with Crippen molar-refractivity contribution in [3.63, 3.8) is 0 Å². The Labute approximate surface area is 93.3 Å². The highest BCUT2D eigenvalue weighted by atomic mass is 15.0. The summed E-state index contributed by atoms with van der Waals surface area (Å²) in [6, 6.07) is 10.3. The van der Waals surface area contributed by atoms with Gasteiger partial charge < -0.3 is 11.5 Å². The summed E-state index contributed by atoms with van der Waals surface area (Å²) in [6.45, 7) is 0. The molecule has 0 aliphatic heterocycles. The zero-order chi connectivity index (χ0) is 11.4. The molecule has 4 nitrogen and oxygen atoms in total. The molecule has 0 fully saturated rings. The Morgan fingerprint density at radius 2 is 1.88 bits per heavy atom. The summed E-state index contributed by atoms with van der Waals surface area (Å²) in [5.41, 5.74) is 12.6. The zero-order valence-corrected chi connectivity index (χ0v) is 8.44. The SMILES string of the molecule is Nc1ncnc(N)c1C#Cc1c[c]ccc1. The number of anilines is 2. The highest BCUT2D eigenvalue weighted by molar-refractivity contribution is 5.62. The standard InChI is InChI=1S/C12H9N4/c13-11-10(12(14)16-8-15-11)7-6-9-4-2-1-3-5-9/h1-2,4-5,8H,(H4,13,14,15,16). The molecule has 1 radical (unpaired) electrons. The topological polar surface area (TPSA) is 77.8 Å². The van der Waals surface area contributed by atoms with Gasteiger partial charge in [-0.3, -0.25) is 0 Å². The van der Waals surface area contributed by atoms with Gasteiger partial charge in [-0.05, 0) is 18.2 Å². The molecule has 0 saturated carbocycles. The summed E-state index contributed by atoms with van der Waals surface area (Å²) in [5, 5.41) is 0. The molecule has 0 saturated heterocycles. The van der Waals surface area contributed by atoms with E-state index >= 15 is 0 Å². The molecule has 0 atom stereocenters. The van der Waals surface area contributed by atoms with E-state index in [2.05, 4.69) is 27.9 Å². The predicted octanol–water partition coefficient (Wildman–Crippen LogP) is 0.841. The van der Waals surface area contributed by atoms with Gasteiger partial charge in [0.15, 0.2) is 0 Å². The molecule has 0 amide bonds. The van der Waals surface area contributed by atoms with Gasteiger partial charge in [0, 0.05) is 5.56 Å². The number of hydrogen-bond donors (Lipinski definition) is 2. The second-order valence-corrected chi connectivity index (χ2v) is 3.06. The van der Waals surface area contributed by atoms with E-state index in [4.69, 9.17) is 11.5 Å². The third-order valence-corrected chi connectivity index (χ3v) is 1.94. The lowest BCUT2D eigenvalue weighted by Crippen LogP contribution is -2.01. The van der Waals surface area contributed by atoms with Gasteiger partial charge in [0.2, 0.25) is 0 Å². The van der Waals surface area contributed by atoms with Crippen molar-refractivity contribution in [2.24, 2.45) is 0 Å². The first-order valence-electron chi connectivity index (χ1n) is 4.61. The van der Waals surface area contributed by atoms with E-state index in [-0.39, 0.29) is 0 Å². The maximum absolute atomic E-state index is 5.64. The van der Waals surface area contributed by atoms with Gasteiger partial charge in [-0.2, -0.15) is 0 Å². The van der Waals surface area contributed by atoms with Crippen molar-refractivity contribution in [3.05, 3.63) is 47.8 Å². The third-order valence-electron chi connectivity index (χ3n) is 1.94. The van der Waals surface area contributed by atoms with E-state index in [0.29, 0.717) is 17.2 Å². The van der Waals surface area contributed by atoms with E-state index in [0.717, 1.165) is 5.56 Å². The molecule has 0 unspecified atom stereocenters. The molecule has 0 aliphatic carbocycles. The van der Waals surface area contributed by atoms with Crippen LogP contribution in [0.1, 0.15) is 11.1 Å². The van der Waals surface area contributed by atoms with E-state index < -0.39 is 0 Å². The fourth-order valence-corrected chi connectivity index (χ4v) is 1.15. The van der Waals surface area contributed by atoms with Crippen molar-refractivity contribution in [2.75, 3.05) is 11.5 Å². The quantitative estimate of drug-likeness (QED) is 0.630. The Kier molecular flexibility index (Phi) is 2.70. The molecule has 1 aromatic carbocycles. The average Bonchev–Trinajstić information content (AvgIpc) is 2.30. The van der Waals surface area contributed by atoms with Crippen LogP contribution >= 0.6 is 0 Å². The molecular formula is C12H9N4. The van der Waals surface area contributed by atoms with Crippen molar-refractivity contribution in [2.45, 2.75) is 0 Å². The molecule has 0 spiro atoms. The second kappa shape index (κ2) is 4.32. The van der Waals surface area contributed by atoms with Crippen molar-refractivity contribution in [3.8, 4) is 11.8 Å². The van der Waals surface area contributed by atoms with Crippen LogP contribution in [0, 0.1) is 17.9 Å². The van der Waals surface area contributed by atoms with Crippen molar-refractivity contribution < 1.29 is 0 Å². The second-order valence-electron chi connectivity index (χ2n) is 3.06. The molecule has 77 valence electrons. The lowest BCUT2D eigenvalue weighted by atomic mass is 10.2. The summed E-state index contributed by atoms with van der Waals surface area (Å²) < 4.78 is 0. The van der Waals surface area contributed by atoms with Crippen LogP contribution in [0.15, 0.2) is 30.6 Å². The molecule has 2 rings (SSSR count). The van der Waals surface area contributed by atoms with Gasteiger partial charge in [-0.15, -0.1) is 0 Å². The smallest absolute Gasteiger partial charge is 0.144 e. The van der Waals surface area contributed by atoms with Crippen molar-refractivity contribution in [1.82, 2.24) is 9.97 Å². The average molecular weight is 209 g/mol. The largest absolute Gasteiger partial charge is 0.382 e. The minimum atomic E-state index is 0.292. The van der Waals surface area contributed by atoms with Gasteiger partial charge >= 0.3 is 0 Å². The third kappa shape index (κ3) is 2.10. The molecule has 16 heavy (non-hydrogen) atoms. The van der Waals surface area contributed by atoms with E-state index in [1.807, 2.05) is 12.1 Å². The number of benzene rings is 1. The zero-order valence-electron chi connectivity index (χ0n) is 8.44. The molecular weight excluding hydrogens is 200 g/mol. The van der Waals surface area contributed by atoms with Crippen LogP contribution in [-0.2, 0) is 0 Å². The summed E-state index contributed by atoms with van der Waals surface area (Å²) in [4.78, 5) is 7.66. The van der Waals surface area contributed by atoms with Crippen molar-refractivity contribution >= 4 is 11.6 Å². The van der Waals surface area contributed by atoms with Crippen LogP contribution in [-0.4, -0.2) is 9.97 Å². The number of aromatic nitrogens is 2. The molecule has 1 heterocycles. The Morgan fingerprint density at radius 1 is 1.12 bits per heavy atom. The minimum absolute atomic E-state index is 0.292. The van der Waals surface area contributed by atoms with Crippen LogP contribution < -0.4 is 11.5 Å². The van der Waals surface area contributed by atoms with Crippen LogP contribution in [0.4, 0.5) is 11.6 Å². The maximum atomic E-state index is 5.64. The minimum Gasteiger partial charge on any atom is -0.382 e. The predicted molar refractivity (Wildman–Crippen MR) is 62.1 cm³/mol. The maximum Gasteiger partial charge on any atom is 0.144 e. The summed E-state index contributed by atoms with van der Waals surface area (Å²) >= 11 is 0. The highest BCUT2D eigenvalue weighted by Gasteiger charge is 2.01. The number of rotatable bonds is 0. The van der Waals surface area contributed by atoms with Crippen LogP contribution in [0.3, 0.4) is 0 Å². The first-order chi connectivity index (χ1) is 7.77. The fraction of sp³-hybridized carbons (Fsp3) is 0. The molecule has 4 N–H and O–H groups in total. The summed E-state index contributed by atoms with van der Waals surface area (Å²) in [7, 11) is 0. The van der Waals surface area contributed by atoms with Crippen molar-refractivity contribution in [1.29, 1.82) is 0 Å². The lowest BCUT2D eigenvalue weighted by Gasteiger charge is -1.98. The number of nitrogens with two attached hydrogens (primary N) is 2. The van der Waals surface area contributed by atoms with Crippen LogP contribution in [0.2, 0.25) is 0 Å². The Bertz CT molecular complexity index is 532. The molecule has 0 bridgehead atoms. The Balaban J connectivity index is 2.39. The molecule has 2 aromatic rings. The van der Waals surface area contributed by atoms with E-state index in [1.165, 1.54) is 6.33 Å². The summed E-state index contributed by atoms with van der Waals surface area (Å²) in [5.74, 6) is 6.36. The number of hydrogen-bond acceptors (Lipinski definition) is 4. The lowest BCUT2D eigenvalue weighted by molar-refractivity contribution is 1.17. The molecule has 1 aromatic heterocycles. The highest BCUT2D eigenvalue weighted by Crippen LogP contribution is 2.11. The summed E-state index contributed by atoms with van der Waals surface area (Å²) in [6.07, 6.45) is 1.31. The van der Waals surface area contributed by atoms with Gasteiger partial charge in [-0.1, -0.05) is 24.0 Å². The van der Waals surface area contributed by atoms with Gasteiger partial charge in [0.25, 0.3) is 0 Å². The molecule has 4 heteroatoms. The first kappa shape index (κ1) is 9.99. The number of nitrogens with zero attached hydrogens (tertiary/aromatic N) is 2. The van der Waals surface area contributed by atoms with Gasteiger partial charge in [-0.25, -0.2) is 9.97 Å². The fourth-order valence-electron chi connectivity index (χ4n) is 1.15. The van der Waals surface area contributed by atoms with E-state index in [1.54, 1.807) is 12.1 Å². The van der Waals surface area contributed by atoms with Crippen LogP contribution in [0.25, 0.3) is 0 Å². The Morgan fingerprint density at radius 3 is 2.50 bits per heavy atom. The normalized spacial score (nSPS) is 9.25.